The van der Waals surface area contributed by atoms with Crippen molar-refractivity contribution in [3.05, 3.63) is 52.1 Å². The predicted molar refractivity (Wildman–Crippen MR) is 131 cm³/mol. The highest BCUT2D eigenvalue weighted by atomic mass is 35.5. The summed E-state index contributed by atoms with van der Waals surface area (Å²) in [4.78, 5) is 28.8. The van der Waals surface area contributed by atoms with E-state index in [0.29, 0.717) is 37.8 Å². The maximum Gasteiger partial charge on any atom is 0.306 e. The van der Waals surface area contributed by atoms with E-state index in [9.17, 15) is 23.5 Å². The van der Waals surface area contributed by atoms with Crippen LogP contribution in [0.2, 0.25) is 5.28 Å². The number of ether oxygens (including phenoxy) is 1. The molecule has 0 bridgehead atoms. The van der Waals surface area contributed by atoms with Crippen molar-refractivity contribution in [3.8, 4) is 11.8 Å². The number of carbonyl (C=O) groups is 2. The monoisotopic (exact) mass is 521 g/mol. The summed E-state index contributed by atoms with van der Waals surface area (Å²) in [6.07, 6.45) is 0.00718. The van der Waals surface area contributed by atoms with Gasteiger partial charge in [0.15, 0.2) is 0 Å². The second kappa shape index (κ2) is 11.8. The van der Waals surface area contributed by atoms with Crippen LogP contribution in [0.1, 0.15) is 73.3 Å². The lowest BCUT2D eigenvalue weighted by Gasteiger charge is -2.26. The zero-order chi connectivity index (χ0) is 26.5. The number of carboxylic acid groups (broad SMARTS) is 1. The molecule has 7 nitrogen and oxygen atoms in total. The number of imidazole rings is 1. The van der Waals surface area contributed by atoms with Gasteiger partial charge in [-0.05, 0) is 68.5 Å². The number of nitrogens with zero attached hydrogens (tertiary/aromatic N) is 2. The molecule has 10 heteroatoms. The summed E-state index contributed by atoms with van der Waals surface area (Å²) in [7, 11) is 1.52. The van der Waals surface area contributed by atoms with E-state index >= 15 is 0 Å². The molecule has 36 heavy (non-hydrogen) atoms. The van der Waals surface area contributed by atoms with Gasteiger partial charge in [-0.15, -0.1) is 0 Å². The van der Waals surface area contributed by atoms with E-state index in [1.165, 1.54) is 23.8 Å². The van der Waals surface area contributed by atoms with Gasteiger partial charge in [0.2, 0.25) is 5.28 Å². The van der Waals surface area contributed by atoms with Crippen molar-refractivity contribution in [2.45, 2.75) is 58.1 Å². The lowest BCUT2D eigenvalue weighted by atomic mass is 9.82. The number of methoxy groups -OCH3 is 1. The van der Waals surface area contributed by atoms with Gasteiger partial charge in [-0.1, -0.05) is 30.2 Å². The first kappa shape index (κ1) is 27.6. The first-order valence-corrected chi connectivity index (χ1v) is 12.1. The van der Waals surface area contributed by atoms with E-state index in [-0.39, 0.29) is 40.6 Å². The summed E-state index contributed by atoms with van der Waals surface area (Å²) in [6, 6.07) is 5.78. The first-order chi connectivity index (χ1) is 17.0. The summed E-state index contributed by atoms with van der Waals surface area (Å²) in [5, 5.41) is 12.2. The van der Waals surface area contributed by atoms with Gasteiger partial charge >= 0.3 is 5.97 Å². The lowest BCUT2D eigenvalue weighted by molar-refractivity contribution is -0.143. The lowest BCUT2D eigenvalue weighted by Crippen LogP contribution is -2.34. The number of rotatable bonds is 8. The Kier molecular flexibility index (Phi) is 9.09. The van der Waals surface area contributed by atoms with Crippen LogP contribution in [-0.2, 0) is 16.1 Å². The molecular formula is C26H30ClF2N3O4. The van der Waals surface area contributed by atoms with Crippen LogP contribution in [0, 0.1) is 23.7 Å². The number of halogens is 3. The fourth-order valence-electron chi connectivity index (χ4n) is 4.03. The van der Waals surface area contributed by atoms with Crippen LogP contribution in [0.4, 0.5) is 8.78 Å². The Morgan fingerprint density at radius 1 is 1.25 bits per heavy atom. The molecule has 0 atom stereocenters. The van der Waals surface area contributed by atoms with Crippen molar-refractivity contribution in [2.75, 3.05) is 13.7 Å². The van der Waals surface area contributed by atoms with Crippen molar-refractivity contribution in [3.63, 3.8) is 0 Å². The number of benzene rings is 1. The minimum atomic E-state index is -2.58. The Hall–Kier alpha value is -2.96. The minimum absolute atomic E-state index is 0.0413. The number of aliphatic carboxylic acids is 1. The average Bonchev–Trinajstić information content (AvgIpc) is 3.16. The number of amides is 1. The molecule has 194 valence electrons. The van der Waals surface area contributed by atoms with Gasteiger partial charge < -0.3 is 19.7 Å². The number of carbonyl (C=O) groups excluding carboxylic acids is 1. The zero-order valence-corrected chi connectivity index (χ0v) is 21.2. The van der Waals surface area contributed by atoms with Gasteiger partial charge in [0.05, 0.1) is 12.5 Å². The molecule has 1 saturated carbocycles. The van der Waals surface area contributed by atoms with Crippen molar-refractivity contribution >= 4 is 23.5 Å². The zero-order valence-electron chi connectivity index (χ0n) is 20.5. The third-order valence-corrected chi connectivity index (χ3v) is 6.74. The smallest absolute Gasteiger partial charge is 0.306 e. The third kappa shape index (κ3) is 7.05. The Balaban J connectivity index is 1.85. The Labute approximate surface area is 214 Å². The van der Waals surface area contributed by atoms with Crippen LogP contribution in [0.25, 0.3) is 0 Å². The fourth-order valence-corrected chi connectivity index (χ4v) is 4.26. The topological polar surface area (TPSA) is 93.5 Å². The largest absolute Gasteiger partial charge is 0.481 e. The first-order valence-electron chi connectivity index (χ1n) is 11.7. The Bertz CT molecular complexity index is 1140. The van der Waals surface area contributed by atoms with E-state index < -0.39 is 23.9 Å². The summed E-state index contributed by atoms with van der Waals surface area (Å²) in [5.41, 5.74) is 0.131. The molecule has 2 aromatic rings. The van der Waals surface area contributed by atoms with Gasteiger partial charge in [-0.3, -0.25) is 9.59 Å². The van der Waals surface area contributed by atoms with Crippen LogP contribution < -0.4 is 5.32 Å². The molecule has 2 N–H and O–H groups in total. The van der Waals surface area contributed by atoms with E-state index in [2.05, 4.69) is 22.1 Å². The second-order valence-electron chi connectivity index (χ2n) is 9.44. The highest BCUT2D eigenvalue weighted by Gasteiger charge is 2.28. The molecule has 3 rings (SSSR count). The quantitative estimate of drug-likeness (QED) is 0.481. The Morgan fingerprint density at radius 3 is 2.44 bits per heavy atom. The van der Waals surface area contributed by atoms with E-state index in [0.717, 1.165) is 0 Å². The van der Waals surface area contributed by atoms with Crippen LogP contribution in [0.5, 0.6) is 0 Å². The van der Waals surface area contributed by atoms with Crippen molar-refractivity contribution in [1.29, 1.82) is 0 Å². The number of hydrogen-bond donors (Lipinski definition) is 2. The highest BCUT2D eigenvalue weighted by molar-refractivity contribution is 6.29. The van der Waals surface area contributed by atoms with Gasteiger partial charge in [-0.25, -0.2) is 13.8 Å². The maximum absolute atomic E-state index is 13.3. The van der Waals surface area contributed by atoms with Gasteiger partial charge in [0.25, 0.3) is 12.3 Å². The van der Waals surface area contributed by atoms with Crippen LogP contribution >= 0.6 is 11.6 Å². The molecule has 1 heterocycles. The van der Waals surface area contributed by atoms with E-state index in [4.69, 9.17) is 16.3 Å². The molecule has 0 radical (unpaired) electrons. The van der Waals surface area contributed by atoms with E-state index in [1.807, 2.05) is 0 Å². The molecule has 1 aliphatic rings. The third-order valence-electron chi connectivity index (χ3n) is 6.45. The van der Waals surface area contributed by atoms with Crippen molar-refractivity contribution in [1.82, 2.24) is 14.9 Å². The molecule has 0 spiro atoms. The van der Waals surface area contributed by atoms with Gasteiger partial charge in [-0.2, -0.15) is 0 Å². The SMILES string of the molecule is COC(C)(C)C#Cc1nc(Cl)n(Cc2ccc(C(F)F)cc2)c1C(=O)NC[C@H]1CC[C@H](C(=O)O)CC1. The van der Waals surface area contributed by atoms with Crippen LogP contribution in [0.15, 0.2) is 24.3 Å². The van der Waals surface area contributed by atoms with Crippen molar-refractivity contribution in [2.24, 2.45) is 11.8 Å². The van der Waals surface area contributed by atoms with Gasteiger partial charge in [0, 0.05) is 19.2 Å². The average molecular weight is 522 g/mol. The van der Waals surface area contributed by atoms with Crippen molar-refractivity contribution < 1.29 is 28.2 Å². The molecule has 0 aliphatic heterocycles. The number of alkyl halides is 2. The number of hydrogen-bond acceptors (Lipinski definition) is 4. The van der Waals surface area contributed by atoms with Gasteiger partial charge in [0.1, 0.15) is 17.0 Å². The van der Waals surface area contributed by atoms with Crippen LogP contribution in [0.3, 0.4) is 0 Å². The molecule has 1 amide bonds. The standard InChI is InChI=1S/C26H30ClF2N3O4/c1-26(2,36-3)13-12-20-21(23(33)30-14-16-4-10-19(11-5-16)24(34)35)32(25(27)31-20)15-17-6-8-18(9-7-17)22(28)29/h6-9,16,19,22H,4-5,10-11,14-15H2,1-3H3,(H,30,33)(H,34,35)/t16-,19-. The molecule has 0 unspecified atom stereocenters. The number of carboxylic acids is 1. The minimum Gasteiger partial charge on any atom is -0.481 e. The Morgan fingerprint density at radius 2 is 1.89 bits per heavy atom. The molecule has 1 aromatic heterocycles. The van der Waals surface area contributed by atoms with E-state index in [1.54, 1.807) is 26.0 Å². The molecule has 0 saturated heterocycles. The summed E-state index contributed by atoms with van der Waals surface area (Å²) < 4.78 is 32.7. The highest BCUT2D eigenvalue weighted by Crippen LogP contribution is 2.29. The molecule has 1 aromatic carbocycles. The fraction of sp³-hybridized carbons (Fsp3) is 0.500. The number of nitrogens with one attached hydrogen (secondary N) is 1. The maximum atomic E-state index is 13.3. The summed E-state index contributed by atoms with van der Waals surface area (Å²) in [5.74, 6) is 4.47. The molecule has 1 fully saturated rings. The molecular weight excluding hydrogens is 492 g/mol. The number of aromatic nitrogens is 2. The predicted octanol–water partition coefficient (Wildman–Crippen LogP) is 4.92. The summed E-state index contributed by atoms with van der Waals surface area (Å²) in [6.45, 7) is 4.07. The van der Waals surface area contributed by atoms with Crippen LogP contribution in [-0.4, -0.2) is 45.8 Å². The summed E-state index contributed by atoms with van der Waals surface area (Å²) >= 11 is 6.40. The second-order valence-corrected chi connectivity index (χ2v) is 9.77. The normalized spacial score (nSPS) is 18.0. The molecule has 1 aliphatic carbocycles.